The van der Waals surface area contributed by atoms with Gasteiger partial charge in [0.05, 0.1) is 0 Å². The summed E-state index contributed by atoms with van der Waals surface area (Å²) < 4.78 is 0. The Morgan fingerprint density at radius 1 is 1.24 bits per heavy atom. The molecule has 0 saturated carbocycles. The number of hydrogen-bond acceptors (Lipinski definition) is 1. The highest BCUT2D eigenvalue weighted by Crippen LogP contribution is 2.29. The number of carbonyl (C=O) groups excluding carboxylic acids is 1. The number of aryl methyl sites for hydroxylation is 2. The molecule has 0 aliphatic rings. The van der Waals surface area contributed by atoms with Crippen LogP contribution < -0.4 is 0 Å². The van der Waals surface area contributed by atoms with E-state index in [9.17, 15) is 4.79 Å². The summed E-state index contributed by atoms with van der Waals surface area (Å²) in [6.45, 7) is 12.8. The number of Topliss-reactive ketones (excluding diaryl/α,β-unsaturated/α-hetero) is 1. The third-order valence-corrected chi connectivity index (χ3v) is 3.66. The fraction of sp³-hybridized carbons (Fsp3) is 0.562. The molecule has 0 aliphatic carbocycles. The van der Waals surface area contributed by atoms with Gasteiger partial charge in [-0.1, -0.05) is 45.4 Å². The Morgan fingerprint density at radius 2 is 1.82 bits per heavy atom. The molecule has 0 N–H and O–H groups in total. The molecule has 0 amide bonds. The third kappa shape index (κ3) is 3.69. The minimum absolute atomic E-state index is 0.188. The fourth-order valence-corrected chi connectivity index (χ4v) is 1.73. The van der Waals surface area contributed by atoms with Crippen molar-refractivity contribution in [3.63, 3.8) is 0 Å². The van der Waals surface area contributed by atoms with Gasteiger partial charge in [-0.15, -0.1) is 0 Å². The fourth-order valence-electron chi connectivity index (χ4n) is 1.73. The molecule has 0 heterocycles. The van der Waals surface area contributed by atoms with Crippen molar-refractivity contribution in [2.24, 2.45) is 11.3 Å². The Hall–Kier alpha value is -1.11. The van der Waals surface area contributed by atoms with Crippen LogP contribution in [0.25, 0.3) is 0 Å². The van der Waals surface area contributed by atoms with Gasteiger partial charge >= 0.3 is 0 Å². The van der Waals surface area contributed by atoms with Crippen molar-refractivity contribution < 1.29 is 4.79 Å². The Balaban J connectivity index is 2.87. The number of ketones is 1. The Bertz CT molecular complexity index is 410. The second-order valence-electron chi connectivity index (χ2n) is 6.21. The second kappa shape index (κ2) is 5.03. The average molecular weight is 232 g/mol. The molecular formula is C16H24O. The predicted octanol–water partition coefficient (Wildman–Crippen LogP) is 4.56. The van der Waals surface area contributed by atoms with Gasteiger partial charge in [0.15, 0.2) is 5.78 Å². The zero-order valence-corrected chi connectivity index (χ0v) is 11.9. The summed E-state index contributed by atoms with van der Waals surface area (Å²) in [5, 5.41) is 0. The van der Waals surface area contributed by atoms with E-state index in [1.54, 1.807) is 0 Å². The molecule has 1 rings (SSSR count). The summed E-state index contributed by atoms with van der Waals surface area (Å²) in [5.41, 5.74) is 3.32. The highest BCUT2D eigenvalue weighted by Gasteiger charge is 2.23. The zero-order chi connectivity index (χ0) is 13.2. The summed E-state index contributed by atoms with van der Waals surface area (Å²) in [7, 11) is 0. The van der Waals surface area contributed by atoms with Crippen LogP contribution in [0.2, 0.25) is 0 Å². The van der Waals surface area contributed by atoms with E-state index in [4.69, 9.17) is 0 Å². The zero-order valence-electron chi connectivity index (χ0n) is 11.9. The Labute approximate surface area is 105 Å². The largest absolute Gasteiger partial charge is 0.294 e. The van der Waals surface area contributed by atoms with Crippen molar-refractivity contribution in [1.82, 2.24) is 0 Å². The van der Waals surface area contributed by atoms with E-state index in [2.05, 4.69) is 33.8 Å². The molecule has 0 aromatic heterocycles. The van der Waals surface area contributed by atoms with Crippen molar-refractivity contribution in [1.29, 1.82) is 0 Å². The summed E-state index contributed by atoms with van der Waals surface area (Å²) >= 11 is 0. The van der Waals surface area contributed by atoms with Crippen LogP contribution in [-0.4, -0.2) is 5.78 Å². The van der Waals surface area contributed by atoms with Gasteiger partial charge in [0.25, 0.3) is 0 Å². The monoisotopic (exact) mass is 232 g/mol. The first-order valence-corrected chi connectivity index (χ1v) is 6.32. The number of benzene rings is 1. The van der Waals surface area contributed by atoms with Crippen molar-refractivity contribution in [3.8, 4) is 0 Å². The van der Waals surface area contributed by atoms with E-state index in [0.29, 0.717) is 12.3 Å². The summed E-state index contributed by atoms with van der Waals surface area (Å²) in [5.74, 6) is 0.670. The molecule has 0 spiro atoms. The molecule has 17 heavy (non-hydrogen) atoms. The summed E-state index contributed by atoms with van der Waals surface area (Å²) in [6, 6.07) is 6.09. The minimum Gasteiger partial charge on any atom is -0.294 e. The molecule has 94 valence electrons. The topological polar surface area (TPSA) is 17.1 Å². The summed E-state index contributed by atoms with van der Waals surface area (Å²) in [4.78, 5) is 12.3. The van der Waals surface area contributed by atoms with E-state index in [1.165, 1.54) is 0 Å². The molecule has 0 bridgehead atoms. The normalized spacial score (nSPS) is 13.5. The van der Waals surface area contributed by atoms with Crippen LogP contribution in [-0.2, 0) is 0 Å². The number of rotatable bonds is 3. The standard InChI is InChI=1S/C16H24O/c1-11-7-8-12(2)14(9-11)15(17)10-13(3)16(4,5)6/h7-9,13H,10H2,1-6H3. The SMILES string of the molecule is Cc1ccc(C)c(C(=O)CC(C)C(C)(C)C)c1. The number of hydrogen-bond donors (Lipinski definition) is 0. The van der Waals surface area contributed by atoms with E-state index >= 15 is 0 Å². The van der Waals surface area contributed by atoms with Crippen molar-refractivity contribution in [2.75, 3.05) is 0 Å². The maximum absolute atomic E-state index is 12.3. The van der Waals surface area contributed by atoms with E-state index < -0.39 is 0 Å². The van der Waals surface area contributed by atoms with Crippen LogP contribution in [0, 0.1) is 25.2 Å². The molecule has 1 atom stereocenters. The molecule has 0 aliphatic heterocycles. The van der Waals surface area contributed by atoms with Gasteiger partial charge in [0, 0.05) is 12.0 Å². The quantitative estimate of drug-likeness (QED) is 0.698. The van der Waals surface area contributed by atoms with Gasteiger partial charge in [-0.05, 0) is 36.8 Å². The smallest absolute Gasteiger partial charge is 0.163 e. The molecule has 1 unspecified atom stereocenters. The Kier molecular flexibility index (Phi) is 4.13. The second-order valence-corrected chi connectivity index (χ2v) is 6.21. The lowest BCUT2D eigenvalue weighted by molar-refractivity contribution is 0.0926. The highest BCUT2D eigenvalue weighted by molar-refractivity contribution is 5.97. The van der Waals surface area contributed by atoms with Gasteiger partial charge in [0.1, 0.15) is 0 Å². The van der Waals surface area contributed by atoms with Crippen LogP contribution in [0.3, 0.4) is 0 Å². The molecule has 1 aromatic carbocycles. The van der Waals surface area contributed by atoms with Crippen LogP contribution in [0.4, 0.5) is 0 Å². The lowest BCUT2D eigenvalue weighted by Crippen LogP contribution is -2.21. The van der Waals surface area contributed by atoms with Gasteiger partial charge < -0.3 is 0 Å². The predicted molar refractivity (Wildman–Crippen MR) is 73.5 cm³/mol. The van der Waals surface area contributed by atoms with Crippen LogP contribution >= 0.6 is 0 Å². The first-order chi connectivity index (χ1) is 7.71. The van der Waals surface area contributed by atoms with Gasteiger partial charge in [-0.2, -0.15) is 0 Å². The third-order valence-electron chi connectivity index (χ3n) is 3.66. The van der Waals surface area contributed by atoms with Crippen molar-refractivity contribution in [3.05, 3.63) is 34.9 Å². The van der Waals surface area contributed by atoms with E-state index in [-0.39, 0.29) is 11.2 Å². The van der Waals surface area contributed by atoms with Crippen molar-refractivity contribution >= 4 is 5.78 Å². The van der Waals surface area contributed by atoms with Crippen LogP contribution in [0.1, 0.15) is 55.6 Å². The first kappa shape index (κ1) is 14.0. The average Bonchev–Trinajstić information content (AvgIpc) is 2.20. The molecule has 1 aromatic rings. The molecule has 0 saturated heterocycles. The molecule has 0 radical (unpaired) electrons. The minimum atomic E-state index is 0.188. The first-order valence-electron chi connectivity index (χ1n) is 6.32. The van der Waals surface area contributed by atoms with Gasteiger partial charge in [0.2, 0.25) is 0 Å². The van der Waals surface area contributed by atoms with Gasteiger partial charge in [-0.3, -0.25) is 4.79 Å². The molecule has 1 nitrogen and oxygen atoms in total. The molecule has 1 heteroatoms. The Morgan fingerprint density at radius 3 is 2.35 bits per heavy atom. The maximum atomic E-state index is 12.3. The van der Waals surface area contributed by atoms with Crippen LogP contribution in [0.5, 0.6) is 0 Å². The lowest BCUT2D eigenvalue weighted by Gasteiger charge is -2.26. The van der Waals surface area contributed by atoms with E-state index in [0.717, 1.165) is 16.7 Å². The van der Waals surface area contributed by atoms with E-state index in [1.807, 2.05) is 26.0 Å². The molecule has 0 fully saturated rings. The van der Waals surface area contributed by atoms with Crippen LogP contribution in [0.15, 0.2) is 18.2 Å². The number of carbonyl (C=O) groups is 1. The summed E-state index contributed by atoms with van der Waals surface area (Å²) in [6.07, 6.45) is 0.633. The highest BCUT2D eigenvalue weighted by atomic mass is 16.1. The van der Waals surface area contributed by atoms with Gasteiger partial charge in [-0.25, -0.2) is 0 Å². The van der Waals surface area contributed by atoms with Crippen molar-refractivity contribution in [2.45, 2.75) is 48.0 Å². The lowest BCUT2D eigenvalue weighted by atomic mass is 9.78. The maximum Gasteiger partial charge on any atom is 0.163 e. The molecular weight excluding hydrogens is 208 g/mol.